The number of benzene rings is 2. The average molecular weight is 403 g/mol. The second-order valence-corrected chi connectivity index (χ2v) is 6.91. The molecule has 0 saturated carbocycles. The predicted octanol–water partition coefficient (Wildman–Crippen LogP) is 2.56. The molecule has 0 aromatic heterocycles. The van der Waals surface area contributed by atoms with Gasteiger partial charge in [-0.3, -0.25) is 14.4 Å². The van der Waals surface area contributed by atoms with Crippen molar-refractivity contribution in [2.24, 2.45) is 11.7 Å². The van der Waals surface area contributed by atoms with E-state index in [1.807, 2.05) is 0 Å². The van der Waals surface area contributed by atoms with E-state index >= 15 is 0 Å². The first-order valence-electron chi connectivity index (χ1n) is 8.66. The maximum Gasteiger partial charge on any atom is 0.313 e. The summed E-state index contributed by atoms with van der Waals surface area (Å²) in [6.07, 6.45) is -0.568. The number of halogens is 1. The Bertz CT molecular complexity index is 913. The van der Waals surface area contributed by atoms with Crippen LogP contribution >= 0.6 is 11.6 Å². The Morgan fingerprint density at radius 2 is 1.93 bits per heavy atom. The quantitative estimate of drug-likeness (QED) is 0.747. The highest BCUT2D eigenvalue weighted by atomic mass is 35.5. The average Bonchev–Trinajstić information content (AvgIpc) is 2.67. The van der Waals surface area contributed by atoms with Gasteiger partial charge in [-0.1, -0.05) is 11.6 Å². The number of amides is 2. The van der Waals surface area contributed by atoms with Crippen molar-refractivity contribution in [3.05, 3.63) is 58.6 Å². The topological polar surface area (TPSA) is 108 Å². The number of fused-ring (bicyclic) bond motifs is 1. The molecule has 2 aromatic carbocycles. The molecule has 1 aliphatic rings. The molecule has 0 saturated heterocycles. The van der Waals surface area contributed by atoms with Gasteiger partial charge in [0.15, 0.2) is 6.10 Å². The van der Waals surface area contributed by atoms with Crippen molar-refractivity contribution in [2.75, 3.05) is 11.9 Å². The molecule has 1 aliphatic heterocycles. The molecule has 7 nitrogen and oxygen atoms in total. The van der Waals surface area contributed by atoms with Gasteiger partial charge in [0.2, 0.25) is 5.91 Å². The molecule has 0 fully saturated rings. The van der Waals surface area contributed by atoms with Crippen molar-refractivity contribution >= 4 is 35.1 Å². The Morgan fingerprint density at radius 1 is 1.21 bits per heavy atom. The number of carbonyl (C=O) groups excluding carboxylic acids is 3. The second kappa shape index (κ2) is 8.31. The van der Waals surface area contributed by atoms with Crippen LogP contribution < -0.4 is 15.8 Å². The van der Waals surface area contributed by atoms with Crippen LogP contribution in [0, 0.1) is 5.92 Å². The minimum Gasteiger partial charge on any atom is -0.492 e. The van der Waals surface area contributed by atoms with Crippen LogP contribution in [0.15, 0.2) is 42.5 Å². The van der Waals surface area contributed by atoms with Crippen LogP contribution in [0.1, 0.15) is 22.8 Å². The van der Waals surface area contributed by atoms with E-state index in [2.05, 4.69) is 5.32 Å². The molecule has 2 amide bonds. The molecular formula is C20H19ClN2O5. The van der Waals surface area contributed by atoms with Crippen LogP contribution in [-0.2, 0) is 20.7 Å². The fourth-order valence-electron chi connectivity index (χ4n) is 2.80. The van der Waals surface area contributed by atoms with E-state index < -0.39 is 29.8 Å². The third-order valence-corrected chi connectivity index (χ3v) is 4.60. The molecule has 0 spiro atoms. The number of hydrogen-bond donors (Lipinski definition) is 2. The molecule has 8 heteroatoms. The monoisotopic (exact) mass is 402 g/mol. The lowest BCUT2D eigenvalue weighted by Gasteiger charge is -2.25. The normalized spacial score (nSPS) is 16.3. The van der Waals surface area contributed by atoms with Crippen LogP contribution in [0.4, 0.5) is 5.69 Å². The fraction of sp³-hybridized carbons (Fsp3) is 0.250. The number of rotatable bonds is 5. The van der Waals surface area contributed by atoms with Crippen molar-refractivity contribution in [3.8, 4) is 5.75 Å². The van der Waals surface area contributed by atoms with E-state index in [0.29, 0.717) is 28.4 Å². The van der Waals surface area contributed by atoms with E-state index in [4.69, 9.17) is 26.8 Å². The molecule has 0 bridgehead atoms. The molecular weight excluding hydrogens is 384 g/mol. The summed E-state index contributed by atoms with van der Waals surface area (Å²) in [7, 11) is 0. The van der Waals surface area contributed by atoms with Crippen LogP contribution in [0.2, 0.25) is 5.02 Å². The second-order valence-electron chi connectivity index (χ2n) is 6.47. The number of carbonyl (C=O) groups is 3. The third-order valence-electron chi connectivity index (χ3n) is 4.36. The lowest BCUT2D eigenvalue weighted by molar-refractivity contribution is -0.158. The highest BCUT2D eigenvalue weighted by Crippen LogP contribution is 2.30. The van der Waals surface area contributed by atoms with Gasteiger partial charge in [0, 0.05) is 16.3 Å². The van der Waals surface area contributed by atoms with Crippen LogP contribution in [0.3, 0.4) is 0 Å². The van der Waals surface area contributed by atoms with Gasteiger partial charge in [-0.05, 0) is 61.4 Å². The smallest absolute Gasteiger partial charge is 0.313 e. The Morgan fingerprint density at radius 3 is 2.61 bits per heavy atom. The Hall–Kier alpha value is -3.06. The van der Waals surface area contributed by atoms with Crippen LogP contribution in [0.5, 0.6) is 5.75 Å². The standard InChI is InChI=1S/C20H19ClN2O5/c1-11(19(25)23-16-5-2-12(3-6-16)18(22)24)28-20(26)14-8-13-9-15(21)4-7-17(13)27-10-14/h2-7,9,11,14H,8,10H2,1H3,(H2,22,24)(H,23,25)/t11-,14-/m0/s1. The number of esters is 1. The molecule has 28 heavy (non-hydrogen) atoms. The van der Waals surface area contributed by atoms with Crippen molar-refractivity contribution in [1.82, 2.24) is 0 Å². The van der Waals surface area contributed by atoms with E-state index in [1.165, 1.54) is 19.1 Å². The Labute approximate surface area is 166 Å². The van der Waals surface area contributed by atoms with E-state index in [-0.39, 0.29) is 6.61 Å². The Kier molecular flexibility index (Phi) is 5.84. The summed E-state index contributed by atoms with van der Waals surface area (Å²) >= 11 is 5.98. The summed E-state index contributed by atoms with van der Waals surface area (Å²) in [5.41, 5.74) is 6.79. The van der Waals surface area contributed by atoms with Gasteiger partial charge in [0.1, 0.15) is 12.4 Å². The maximum atomic E-state index is 12.4. The minimum atomic E-state index is -0.996. The largest absolute Gasteiger partial charge is 0.492 e. The van der Waals surface area contributed by atoms with Gasteiger partial charge in [0.05, 0.1) is 5.92 Å². The number of nitrogens with two attached hydrogens (primary N) is 1. The lowest BCUT2D eigenvalue weighted by atomic mass is 9.97. The lowest BCUT2D eigenvalue weighted by Crippen LogP contribution is -2.36. The molecule has 3 N–H and O–H groups in total. The molecule has 0 radical (unpaired) electrons. The molecule has 2 atom stereocenters. The maximum absolute atomic E-state index is 12.4. The van der Waals surface area contributed by atoms with Gasteiger partial charge in [-0.15, -0.1) is 0 Å². The number of primary amides is 1. The zero-order valence-electron chi connectivity index (χ0n) is 15.1. The number of nitrogens with one attached hydrogen (secondary N) is 1. The summed E-state index contributed by atoms with van der Waals surface area (Å²) in [4.78, 5) is 35.7. The van der Waals surface area contributed by atoms with Crippen LogP contribution in [-0.4, -0.2) is 30.5 Å². The Balaban J connectivity index is 1.56. The molecule has 0 unspecified atom stereocenters. The summed E-state index contributed by atoms with van der Waals surface area (Å²) in [5, 5.41) is 3.18. The molecule has 2 aromatic rings. The van der Waals surface area contributed by atoms with Crippen molar-refractivity contribution in [2.45, 2.75) is 19.4 Å². The fourth-order valence-corrected chi connectivity index (χ4v) is 2.99. The van der Waals surface area contributed by atoms with Gasteiger partial charge >= 0.3 is 5.97 Å². The molecule has 3 rings (SSSR count). The third kappa shape index (κ3) is 4.61. The van der Waals surface area contributed by atoms with Crippen LogP contribution in [0.25, 0.3) is 0 Å². The first kappa shape index (κ1) is 19.7. The zero-order chi connectivity index (χ0) is 20.3. The number of anilines is 1. The molecule has 1 heterocycles. The minimum absolute atomic E-state index is 0.177. The van der Waals surface area contributed by atoms with Crippen molar-refractivity contribution in [1.29, 1.82) is 0 Å². The molecule has 0 aliphatic carbocycles. The van der Waals surface area contributed by atoms with Gasteiger partial charge in [-0.2, -0.15) is 0 Å². The highest BCUT2D eigenvalue weighted by Gasteiger charge is 2.30. The SMILES string of the molecule is C[C@H](OC(=O)[C@@H]1COc2ccc(Cl)cc2C1)C(=O)Nc1ccc(C(N)=O)cc1. The number of hydrogen-bond acceptors (Lipinski definition) is 5. The van der Waals surface area contributed by atoms with Crippen molar-refractivity contribution < 1.29 is 23.9 Å². The highest BCUT2D eigenvalue weighted by molar-refractivity contribution is 6.30. The molecule has 146 valence electrons. The number of ether oxygens (including phenoxy) is 2. The van der Waals surface area contributed by atoms with E-state index in [9.17, 15) is 14.4 Å². The van der Waals surface area contributed by atoms with E-state index in [1.54, 1.807) is 30.3 Å². The predicted molar refractivity (Wildman–Crippen MR) is 103 cm³/mol. The summed E-state index contributed by atoms with van der Waals surface area (Å²) < 4.78 is 10.9. The van der Waals surface area contributed by atoms with Gasteiger partial charge in [0.25, 0.3) is 5.91 Å². The van der Waals surface area contributed by atoms with Gasteiger partial charge < -0.3 is 20.5 Å². The summed E-state index contributed by atoms with van der Waals surface area (Å²) in [6.45, 7) is 1.66. The van der Waals surface area contributed by atoms with Gasteiger partial charge in [-0.25, -0.2) is 0 Å². The van der Waals surface area contributed by atoms with E-state index in [0.717, 1.165) is 5.56 Å². The first-order chi connectivity index (χ1) is 13.3. The summed E-state index contributed by atoms with van der Waals surface area (Å²) in [6, 6.07) is 11.3. The van der Waals surface area contributed by atoms with Crippen molar-refractivity contribution in [3.63, 3.8) is 0 Å². The first-order valence-corrected chi connectivity index (χ1v) is 9.03. The summed E-state index contributed by atoms with van der Waals surface area (Å²) in [5.74, 6) is -1.38. The zero-order valence-corrected chi connectivity index (χ0v) is 15.9.